The fourth-order valence-electron chi connectivity index (χ4n) is 4.73. The molecule has 0 radical (unpaired) electrons. The normalized spacial score (nSPS) is 37.7. The van der Waals surface area contributed by atoms with Gasteiger partial charge < -0.3 is 0 Å². The number of ketones is 1. The number of hydrogen-bond acceptors (Lipinski definition) is 1. The molecule has 0 aliphatic heterocycles. The molecular weight excluding hydrogens is 208 g/mol. The molecule has 0 saturated heterocycles. The zero-order valence-electron chi connectivity index (χ0n) is 11.1. The van der Waals surface area contributed by atoms with Crippen LogP contribution in [0.15, 0.2) is 11.1 Å². The summed E-state index contributed by atoms with van der Waals surface area (Å²) in [6.45, 7) is 2.31. The molecule has 3 rings (SSSR count). The summed E-state index contributed by atoms with van der Waals surface area (Å²) in [6, 6.07) is 0. The van der Waals surface area contributed by atoms with Crippen molar-refractivity contribution in [3.05, 3.63) is 11.1 Å². The Morgan fingerprint density at radius 2 is 1.94 bits per heavy atom. The van der Waals surface area contributed by atoms with E-state index in [9.17, 15) is 4.79 Å². The second kappa shape index (κ2) is 4.26. The maximum atomic E-state index is 12.6. The number of carbonyl (C=O) groups is 1. The molecule has 2 atom stereocenters. The van der Waals surface area contributed by atoms with E-state index >= 15 is 0 Å². The van der Waals surface area contributed by atoms with Crippen molar-refractivity contribution in [2.24, 2.45) is 11.3 Å². The van der Waals surface area contributed by atoms with Gasteiger partial charge in [-0.05, 0) is 50.5 Å². The molecule has 1 fully saturated rings. The van der Waals surface area contributed by atoms with E-state index in [1.165, 1.54) is 63.4 Å². The number of fused-ring (bicyclic) bond motifs is 2. The second-order valence-electron chi connectivity index (χ2n) is 6.19. The minimum Gasteiger partial charge on any atom is -0.294 e. The summed E-state index contributed by atoms with van der Waals surface area (Å²) >= 11 is 0. The molecular formula is C16H24O. The van der Waals surface area contributed by atoms with Gasteiger partial charge in [-0.25, -0.2) is 0 Å². The Kier molecular flexibility index (Phi) is 2.88. The van der Waals surface area contributed by atoms with Crippen LogP contribution in [0.2, 0.25) is 0 Å². The lowest BCUT2D eigenvalue weighted by Crippen LogP contribution is -2.34. The van der Waals surface area contributed by atoms with Crippen molar-refractivity contribution in [1.82, 2.24) is 0 Å². The zero-order valence-corrected chi connectivity index (χ0v) is 11.1. The van der Waals surface area contributed by atoms with Crippen LogP contribution in [0.1, 0.15) is 71.1 Å². The topological polar surface area (TPSA) is 17.1 Å². The molecule has 0 amide bonds. The largest absolute Gasteiger partial charge is 0.294 e. The first-order valence-electron chi connectivity index (χ1n) is 7.56. The van der Waals surface area contributed by atoms with Gasteiger partial charge in [-0.3, -0.25) is 4.79 Å². The number of Topliss-reactive ketones (excluding diaryl/α,β-unsaturated/α-hetero) is 1. The summed E-state index contributed by atoms with van der Waals surface area (Å²) in [5.41, 5.74) is 3.22. The third-order valence-corrected chi connectivity index (χ3v) is 5.60. The Labute approximate surface area is 105 Å². The minimum atomic E-state index is 0.314. The first-order valence-corrected chi connectivity index (χ1v) is 7.56. The van der Waals surface area contributed by atoms with Crippen LogP contribution in [0.3, 0.4) is 0 Å². The van der Waals surface area contributed by atoms with Crippen LogP contribution in [0.4, 0.5) is 0 Å². The number of carbonyl (C=O) groups excluding carboxylic acids is 1. The molecule has 0 unspecified atom stereocenters. The predicted octanol–water partition coefficient (Wildman–Crippen LogP) is 4.42. The van der Waals surface area contributed by atoms with Crippen molar-refractivity contribution in [2.75, 3.05) is 0 Å². The van der Waals surface area contributed by atoms with Crippen molar-refractivity contribution in [3.8, 4) is 0 Å². The van der Waals surface area contributed by atoms with E-state index in [1.54, 1.807) is 5.57 Å². The summed E-state index contributed by atoms with van der Waals surface area (Å²) in [5, 5.41) is 0. The molecule has 0 spiro atoms. The average molecular weight is 232 g/mol. The summed E-state index contributed by atoms with van der Waals surface area (Å²) in [4.78, 5) is 12.6. The lowest BCUT2D eigenvalue weighted by atomic mass is 9.63. The Morgan fingerprint density at radius 3 is 2.76 bits per heavy atom. The molecule has 1 nitrogen and oxygen atoms in total. The molecule has 17 heavy (non-hydrogen) atoms. The highest BCUT2D eigenvalue weighted by atomic mass is 16.1. The summed E-state index contributed by atoms with van der Waals surface area (Å²) in [5.74, 6) is 0.938. The van der Waals surface area contributed by atoms with Crippen molar-refractivity contribution < 1.29 is 4.79 Å². The van der Waals surface area contributed by atoms with E-state index in [0.29, 0.717) is 17.1 Å². The molecule has 0 aromatic heterocycles. The van der Waals surface area contributed by atoms with Gasteiger partial charge in [-0.2, -0.15) is 0 Å². The van der Waals surface area contributed by atoms with Crippen LogP contribution >= 0.6 is 0 Å². The van der Waals surface area contributed by atoms with E-state index < -0.39 is 0 Å². The van der Waals surface area contributed by atoms with Crippen molar-refractivity contribution in [2.45, 2.75) is 71.1 Å². The van der Waals surface area contributed by atoms with Gasteiger partial charge in [-0.15, -0.1) is 0 Å². The van der Waals surface area contributed by atoms with E-state index in [4.69, 9.17) is 0 Å². The number of allylic oxidation sites excluding steroid dienone is 2. The van der Waals surface area contributed by atoms with Gasteiger partial charge in [0.25, 0.3) is 0 Å². The van der Waals surface area contributed by atoms with Gasteiger partial charge in [-0.1, -0.05) is 31.8 Å². The lowest BCUT2D eigenvalue weighted by Gasteiger charge is -2.40. The van der Waals surface area contributed by atoms with Gasteiger partial charge in [0, 0.05) is 11.3 Å². The zero-order chi connectivity index (χ0) is 11.9. The summed E-state index contributed by atoms with van der Waals surface area (Å²) in [7, 11) is 0. The number of rotatable bonds is 1. The van der Waals surface area contributed by atoms with E-state index in [2.05, 4.69) is 6.92 Å². The second-order valence-corrected chi connectivity index (χ2v) is 6.19. The van der Waals surface area contributed by atoms with Gasteiger partial charge in [0.1, 0.15) is 0 Å². The molecule has 0 aromatic rings. The quantitative estimate of drug-likeness (QED) is 0.654. The molecule has 0 N–H and O–H groups in total. The first kappa shape index (κ1) is 11.5. The van der Waals surface area contributed by atoms with Crippen molar-refractivity contribution in [3.63, 3.8) is 0 Å². The third-order valence-electron chi connectivity index (χ3n) is 5.60. The maximum absolute atomic E-state index is 12.6. The summed E-state index contributed by atoms with van der Waals surface area (Å²) in [6.07, 6.45) is 12.5. The Bertz CT molecular complexity index is 366. The van der Waals surface area contributed by atoms with Crippen LogP contribution in [-0.4, -0.2) is 5.78 Å². The molecule has 3 aliphatic rings. The van der Waals surface area contributed by atoms with Crippen molar-refractivity contribution in [1.29, 1.82) is 0 Å². The van der Waals surface area contributed by atoms with E-state index in [0.717, 1.165) is 6.42 Å². The highest BCUT2D eigenvalue weighted by Crippen LogP contribution is 2.58. The fraction of sp³-hybridized carbons (Fsp3) is 0.812. The van der Waals surface area contributed by atoms with Crippen LogP contribution in [0.5, 0.6) is 0 Å². The molecule has 0 bridgehead atoms. The molecule has 0 heterocycles. The first-order chi connectivity index (χ1) is 8.29. The highest BCUT2D eigenvalue weighted by Gasteiger charge is 2.52. The van der Waals surface area contributed by atoms with Gasteiger partial charge in [0.2, 0.25) is 0 Å². The van der Waals surface area contributed by atoms with Gasteiger partial charge in [0.15, 0.2) is 5.78 Å². The molecule has 3 aliphatic carbocycles. The predicted molar refractivity (Wildman–Crippen MR) is 69.8 cm³/mol. The van der Waals surface area contributed by atoms with Crippen LogP contribution in [-0.2, 0) is 4.79 Å². The van der Waals surface area contributed by atoms with E-state index in [1.807, 2.05) is 0 Å². The molecule has 1 saturated carbocycles. The lowest BCUT2D eigenvalue weighted by molar-refractivity contribution is -0.122. The smallest absolute Gasteiger partial charge is 0.162 e. The Hall–Kier alpha value is -0.590. The Balaban J connectivity index is 2.04. The van der Waals surface area contributed by atoms with Gasteiger partial charge >= 0.3 is 0 Å². The van der Waals surface area contributed by atoms with Crippen LogP contribution in [0.25, 0.3) is 0 Å². The van der Waals surface area contributed by atoms with Gasteiger partial charge in [0.05, 0.1) is 0 Å². The fourth-order valence-corrected chi connectivity index (χ4v) is 4.73. The van der Waals surface area contributed by atoms with Crippen LogP contribution in [0, 0.1) is 11.3 Å². The number of hydrogen-bond donors (Lipinski definition) is 0. The third kappa shape index (κ3) is 1.54. The highest BCUT2D eigenvalue weighted by molar-refractivity contribution is 6.02. The molecule has 0 aromatic carbocycles. The summed E-state index contributed by atoms with van der Waals surface area (Å²) < 4.78 is 0. The standard InChI is InChI=1S/C16H24O/c1-2-16-11-7-6-10-14(16)15(17)12-8-4-3-5-9-13(12)16/h14H,2-11H2,1H3/t14-,16+/m1/s1. The SMILES string of the molecule is CC[C@@]12CCCC[C@@H]1C(=O)C1=C2CCCCC1. The molecule has 94 valence electrons. The van der Waals surface area contributed by atoms with E-state index in [-0.39, 0.29) is 0 Å². The van der Waals surface area contributed by atoms with Crippen LogP contribution < -0.4 is 0 Å². The average Bonchev–Trinajstić information content (AvgIpc) is 2.55. The molecule has 1 heteroatoms. The van der Waals surface area contributed by atoms with Crippen molar-refractivity contribution >= 4 is 5.78 Å². The minimum absolute atomic E-state index is 0.314. The Morgan fingerprint density at radius 1 is 1.12 bits per heavy atom. The maximum Gasteiger partial charge on any atom is 0.162 e. The monoisotopic (exact) mass is 232 g/mol.